The van der Waals surface area contributed by atoms with E-state index in [0.717, 1.165) is 71.0 Å². The average Bonchev–Trinajstić information content (AvgIpc) is 3.61. The summed E-state index contributed by atoms with van der Waals surface area (Å²) in [6.07, 6.45) is 4.50. The van der Waals surface area contributed by atoms with Crippen molar-refractivity contribution >= 4 is 34.0 Å². The van der Waals surface area contributed by atoms with Gasteiger partial charge in [0.1, 0.15) is 11.6 Å². The van der Waals surface area contributed by atoms with Crippen LogP contribution in [0.15, 0.2) is 35.7 Å². The number of aromatic nitrogens is 1. The second-order valence-electron chi connectivity index (χ2n) is 8.98. The Kier molecular flexibility index (Phi) is 6.51. The molecule has 7 heteroatoms. The van der Waals surface area contributed by atoms with E-state index in [1.807, 2.05) is 41.5 Å². The van der Waals surface area contributed by atoms with Gasteiger partial charge in [0.25, 0.3) is 5.91 Å². The summed E-state index contributed by atoms with van der Waals surface area (Å²) in [5, 5.41) is 3.05. The van der Waals surface area contributed by atoms with E-state index in [1.165, 1.54) is 24.2 Å². The fourth-order valence-corrected chi connectivity index (χ4v) is 5.71. The molecule has 4 heterocycles. The number of anilines is 1. The topological polar surface area (TPSA) is 54.9 Å². The molecule has 0 radical (unpaired) electrons. The van der Waals surface area contributed by atoms with Gasteiger partial charge >= 0.3 is 0 Å². The van der Waals surface area contributed by atoms with E-state index in [-0.39, 0.29) is 12.0 Å². The smallest absolute Gasteiger partial charge is 0.264 e. The van der Waals surface area contributed by atoms with Gasteiger partial charge in [-0.15, -0.1) is 11.3 Å². The number of hydrogen-bond acceptors (Lipinski definition) is 6. The van der Waals surface area contributed by atoms with Crippen molar-refractivity contribution < 1.29 is 14.3 Å². The molecule has 0 spiro atoms. The Balaban J connectivity index is 1.53. The maximum absolute atomic E-state index is 13.6. The molecule has 2 aliphatic heterocycles. The first-order chi connectivity index (χ1) is 16.1. The molecule has 0 bridgehead atoms. The molecule has 3 aromatic rings. The first kappa shape index (κ1) is 22.2. The van der Waals surface area contributed by atoms with Crippen molar-refractivity contribution in [1.29, 1.82) is 0 Å². The van der Waals surface area contributed by atoms with Crippen LogP contribution in [0.2, 0.25) is 0 Å². The average molecular weight is 466 g/mol. The lowest BCUT2D eigenvalue weighted by atomic mass is 10.1. The van der Waals surface area contributed by atoms with Crippen LogP contribution in [0.3, 0.4) is 0 Å². The lowest BCUT2D eigenvalue weighted by Gasteiger charge is -2.28. The van der Waals surface area contributed by atoms with Gasteiger partial charge in [-0.2, -0.15) is 0 Å². The molecule has 1 aromatic carbocycles. The van der Waals surface area contributed by atoms with E-state index in [4.69, 9.17) is 14.5 Å². The van der Waals surface area contributed by atoms with Gasteiger partial charge in [0, 0.05) is 49.8 Å². The molecular weight excluding hydrogens is 434 g/mol. The maximum atomic E-state index is 13.6. The van der Waals surface area contributed by atoms with Crippen LogP contribution in [0.5, 0.6) is 5.75 Å². The van der Waals surface area contributed by atoms with Crippen molar-refractivity contribution in [2.24, 2.45) is 0 Å². The number of amides is 1. The van der Waals surface area contributed by atoms with Gasteiger partial charge in [-0.3, -0.25) is 4.79 Å². The van der Waals surface area contributed by atoms with Gasteiger partial charge in [-0.05, 0) is 67.8 Å². The fourth-order valence-electron chi connectivity index (χ4n) is 4.82. The minimum atomic E-state index is 0.0835. The second kappa shape index (κ2) is 9.69. The van der Waals surface area contributed by atoms with Gasteiger partial charge in [-0.1, -0.05) is 0 Å². The number of rotatable bonds is 7. The van der Waals surface area contributed by atoms with E-state index in [0.29, 0.717) is 13.1 Å². The van der Waals surface area contributed by atoms with Crippen LogP contribution in [0, 0.1) is 6.92 Å². The first-order valence-corrected chi connectivity index (χ1v) is 12.7. The molecular formula is C26H31N3O3S. The van der Waals surface area contributed by atoms with Gasteiger partial charge in [0.15, 0.2) is 0 Å². The molecule has 0 unspecified atom stereocenters. The van der Waals surface area contributed by atoms with Crippen LogP contribution >= 0.6 is 11.3 Å². The highest BCUT2D eigenvalue weighted by Gasteiger charge is 2.27. The number of methoxy groups -OCH3 is 1. The van der Waals surface area contributed by atoms with Crippen molar-refractivity contribution in [3.63, 3.8) is 0 Å². The molecule has 5 rings (SSSR count). The fraction of sp³-hybridized carbons (Fsp3) is 0.462. The molecule has 1 atom stereocenters. The SMILES string of the molecule is COc1ccc2cc(CN(C[C@H]3CCCO3)C(=O)c3sccc3C)c(N3CCCC3)nc2c1. The highest BCUT2D eigenvalue weighted by molar-refractivity contribution is 7.12. The van der Waals surface area contributed by atoms with E-state index in [1.54, 1.807) is 7.11 Å². The molecule has 2 aliphatic rings. The number of thiophene rings is 1. The summed E-state index contributed by atoms with van der Waals surface area (Å²) >= 11 is 1.52. The third kappa shape index (κ3) is 4.70. The van der Waals surface area contributed by atoms with Crippen LogP contribution in [0.4, 0.5) is 5.82 Å². The number of aryl methyl sites for hydroxylation is 1. The highest BCUT2D eigenvalue weighted by atomic mass is 32.1. The number of benzene rings is 1. The van der Waals surface area contributed by atoms with E-state index >= 15 is 0 Å². The van der Waals surface area contributed by atoms with Crippen LogP contribution < -0.4 is 9.64 Å². The zero-order valence-corrected chi connectivity index (χ0v) is 20.2. The third-order valence-electron chi connectivity index (χ3n) is 6.64. The normalized spacial score (nSPS) is 18.2. The van der Waals surface area contributed by atoms with Crippen LogP contribution in [-0.4, -0.2) is 55.2 Å². The zero-order chi connectivity index (χ0) is 22.8. The van der Waals surface area contributed by atoms with E-state index < -0.39 is 0 Å². The van der Waals surface area contributed by atoms with Gasteiger partial charge in [0.05, 0.1) is 23.6 Å². The molecule has 2 fully saturated rings. The number of carbonyl (C=O) groups excluding carboxylic acids is 1. The minimum Gasteiger partial charge on any atom is -0.497 e. The summed E-state index contributed by atoms with van der Waals surface area (Å²) in [7, 11) is 1.68. The predicted molar refractivity (Wildman–Crippen MR) is 133 cm³/mol. The van der Waals surface area contributed by atoms with Gasteiger partial charge in [0.2, 0.25) is 0 Å². The molecule has 2 aromatic heterocycles. The Morgan fingerprint density at radius 1 is 1.24 bits per heavy atom. The number of hydrogen-bond donors (Lipinski definition) is 0. The summed E-state index contributed by atoms with van der Waals surface area (Å²) in [5.74, 6) is 1.87. The van der Waals surface area contributed by atoms with Crippen LogP contribution in [-0.2, 0) is 11.3 Å². The largest absolute Gasteiger partial charge is 0.497 e. The third-order valence-corrected chi connectivity index (χ3v) is 7.64. The van der Waals surface area contributed by atoms with Crippen molar-refractivity contribution in [1.82, 2.24) is 9.88 Å². The van der Waals surface area contributed by atoms with Crippen LogP contribution in [0.25, 0.3) is 10.9 Å². The number of ether oxygens (including phenoxy) is 2. The molecule has 0 aliphatic carbocycles. The maximum Gasteiger partial charge on any atom is 0.264 e. The molecule has 2 saturated heterocycles. The summed E-state index contributed by atoms with van der Waals surface area (Å²) in [6, 6.07) is 10.2. The summed E-state index contributed by atoms with van der Waals surface area (Å²) in [5.41, 5.74) is 3.05. The number of nitrogens with zero attached hydrogens (tertiary/aromatic N) is 3. The zero-order valence-electron chi connectivity index (χ0n) is 19.4. The second-order valence-corrected chi connectivity index (χ2v) is 9.89. The lowest BCUT2D eigenvalue weighted by Crippen LogP contribution is -2.37. The Morgan fingerprint density at radius 3 is 2.79 bits per heavy atom. The van der Waals surface area contributed by atoms with Gasteiger partial charge in [-0.25, -0.2) is 4.98 Å². The lowest BCUT2D eigenvalue weighted by molar-refractivity contribution is 0.0510. The summed E-state index contributed by atoms with van der Waals surface area (Å²) < 4.78 is 11.3. The number of carbonyl (C=O) groups is 1. The standard InChI is InChI=1S/C26H31N3O3S/c1-18-9-13-33-24(18)26(30)29(17-22-6-5-12-32-22)16-20-14-19-7-8-21(31-2)15-23(19)27-25(20)28-10-3-4-11-28/h7-9,13-15,22H,3-6,10-12,16-17H2,1-2H3/t22-/m1/s1. The molecule has 174 valence electrons. The molecule has 1 amide bonds. The minimum absolute atomic E-state index is 0.0835. The number of pyridine rings is 1. The number of fused-ring (bicyclic) bond motifs is 1. The van der Waals surface area contributed by atoms with Crippen molar-refractivity contribution in [3.05, 3.63) is 51.7 Å². The van der Waals surface area contributed by atoms with Crippen LogP contribution in [0.1, 0.15) is 46.5 Å². The monoisotopic (exact) mass is 465 g/mol. The quantitative estimate of drug-likeness (QED) is 0.490. The first-order valence-electron chi connectivity index (χ1n) is 11.8. The summed E-state index contributed by atoms with van der Waals surface area (Å²) in [6.45, 7) is 5.92. The van der Waals surface area contributed by atoms with Crippen molar-refractivity contribution in [2.45, 2.75) is 45.3 Å². The molecule has 33 heavy (non-hydrogen) atoms. The predicted octanol–water partition coefficient (Wildman–Crippen LogP) is 5.03. The van der Waals surface area contributed by atoms with Crippen molar-refractivity contribution in [2.75, 3.05) is 38.3 Å². The van der Waals surface area contributed by atoms with E-state index in [9.17, 15) is 4.79 Å². The Bertz CT molecular complexity index is 1130. The molecule has 6 nitrogen and oxygen atoms in total. The highest BCUT2D eigenvalue weighted by Crippen LogP contribution is 2.31. The Labute approximate surface area is 199 Å². The van der Waals surface area contributed by atoms with Crippen molar-refractivity contribution in [3.8, 4) is 5.75 Å². The summed E-state index contributed by atoms with van der Waals surface area (Å²) in [4.78, 5) is 23.8. The molecule has 0 saturated carbocycles. The van der Waals surface area contributed by atoms with E-state index in [2.05, 4.69) is 11.0 Å². The molecule has 0 N–H and O–H groups in total. The Morgan fingerprint density at radius 2 is 2.09 bits per heavy atom. The Hall–Kier alpha value is -2.64. The van der Waals surface area contributed by atoms with Gasteiger partial charge < -0.3 is 19.3 Å².